The number of rotatable bonds is 2. The highest BCUT2D eigenvalue weighted by atomic mass is 14.4. The average Bonchev–Trinajstić information content (AvgIpc) is 3.09. The van der Waals surface area contributed by atoms with Crippen LogP contribution in [-0.4, -0.2) is 0 Å². The Hall–Kier alpha value is -5.20. The maximum atomic E-state index is 2.46. The Labute approximate surface area is 263 Å². The van der Waals surface area contributed by atoms with Gasteiger partial charge in [-0.2, -0.15) is 0 Å². The summed E-state index contributed by atoms with van der Waals surface area (Å²) in [6, 6.07) is 46.1. The molecule has 0 aliphatic heterocycles. The summed E-state index contributed by atoms with van der Waals surface area (Å²) in [4.78, 5) is 0. The van der Waals surface area contributed by atoms with Crippen LogP contribution in [-0.2, 0) is 5.41 Å². The summed E-state index contributed by atoms with van der Waals surface area (Å²) in [6.07, 6.45) is 9.31. The second kappa shape index (κ2) is 8.93. The zero-order valence-corrected chi connectivity index (χ0v) is 25.5. The monoisotopic (exact) mass is 572 g/mol. The van der Waals surface area contributed by atoms with Crippen LogP contribution in [0.3, 0.4) is 0 Å². The molecule has 2 atom stereocenters. The molecular weight excluding hydrogens is 540 g/mol. The topological polar surface area (TPSA) is 0 Å². The molecule has 0 amide bonds. The molecule has 45 heavy (non-hydrogen) atoms. The zero-order chi connectivity index (χ0) is 29.9. The van der Waals surface area contributed by atoms with E-state index >= 15 is 0 Å². The minimum absolute atomic E-state index is 0.0489. The molecule has 0 bridgehead atoms. The largest absolute Gasteiger partial charge is 0.0796 e. The molecule has 0 nitrogen and oxygen atoms in total. The van der Waals surface area contributed by atoms with Crippen molar-refractivity contribution in [1.82, 2.24) is 0 Å². The van der Waals surface area contributed by atoms with Crippen molar-refractivity contribution in [3.05, 3.63) is 157 Å². The minimum atomic E-state index is 0.0489. The van der Waals surface area contributed by atoms with Crippen LogP contribution in [0.15, 0.2) is 146 Å². The third-order valence-electron chi connectivity index (χ3n) is 11.1. The smallest absolute Gasteiger partial charge is 0.00986 e. The Kier molecular flexibility index (Phi) is 4.99. The second-order valence-corrected chi connectivity index (χ2v) is 13.7. The Morgan fingerprint density at radius 1 is 0.467 bits per heavy atom. The van der Waals surface area contributed by atoms with Crippen LogP contribution in [0.25, 0.3) is 76.1 Å². The standard InChI is InChI=1S/C45H32/c1-45(2)40-16-6-5-13-35(40)37-15-8-14-36-33(23-24-41(45)44(36)37)31-25-30-9-3-4-12-32(30)39(26-31)34-21-19-29-18-17-27-10-7-11-28-20-22-38(34)43(29)42(27)28/h3-26,35,40H,1-2H3. The van der Waals surface area contributed by atoms with Crippen LogP contribution in [0.5, 0.6) is 0 Å². The lowest BCUT2D eigenvalue weighted by molar-refractivity contribution is 0.345. The lowest BCUT2D eigenvalue weighted by Gasteiger charge is -2.44. The average molecular weight is 573 g/mol. The van der Waals surface area contributed by atoms with Gasteiger partial charge in [0.15, 0.2) is 0 Å². The lowest BCUT2D eigenvalue weighted by Crippen LogP contribution is -2.36. The van der Waals surface area contributed by atoms with E-state index < -0.39 is 0 Å². The molecule has 0 saturated heterocycles. The van der Waals surface area contributed by atoms with Crippen LogP contribution in [0.1, 0.15) is 30.9 Å². The molecule has 2 unspecified atom stereocenters. The first-order valence-corrected chi connectivity index (χ1v) is 16.2. The third-order valence-corrected chi connectivity index (χ3v) is 11.1. The Morgan fingerprint density at radius 2 is 1.13 bits per heavy atom. The number of benzene rings is 8. The summed E-state index contributed by atoms with van der Waals surface area (Å²) >= 11 is 0. The van der Waals surface area contributed by atoms with Crippen LogP contribution in [0.4, 0.5) is 0 Å². The van der Waals surface area contributed by atoms with Gasteiger partial charge in [0.25, 0.3) is 0 Å². The summed E-state index contributed by atoms with van der Waals surface area (Å²) in [5, 5.41) is 13.3. The van der Waals surface area contributed by atoms with Crippen molar-refractivity contribution < 1.29 is 0 Å². The highest BCUT2D eigenvalue weighted by Crippen LogP contribution is 2.53. The molecule has 0 heteroatoms. The number of hydrogen-bond acceptors (Lipinski definition) is 0. The summed E-state index contributed by atoms with van der Waals surface area (Å²) in [6.45, 7) is 4.86. The fraction of sp³-hybridized carbons (Fsp3) is 0.111. The number of fused-ring (bicyclic) bond motifs is 3. The van der Waals surface area contributed by atoms with Gasteiger partial charge in [0.05, 0.1) is 0 Å². The van der Waals surface area contributed by atoms with Gasteiger partial charge in [0.1, 0.15) is 0 Å². The van der Waals surface area contributed by atoms with E-state index in [9.17, 15) is 0 Å². The zero-order valence-electron chi connectivity index (χ0n) is 25.5. The molecule has 0 radical (unpaired) electrons. The number of hydrogen-bond donors (Lipinski definition) is 0. The van der Waals surface area contributed by atoms with E-state index in [4.69, 9.17) is 0 Å². The maximum Gasteiger partial charge on any atom is 0.00986 e. The van der Waals surface area contributed by atoms with E-state index in [1.807, 2.05) is 0 Å². The third kappa shape index (κ3) is 3.37. The van der Waals surface area contributed by atoms with Crippen molar-refractivity contribution in [2.24, 2.45) is 5.92 Å². The van der Waals surface area contributed by atoms with Crippen LogP contribution < -0.4 is 0 Å². The Bertz CT molecular complexity index is 2560. The molecule has 8 aromatic rings. The van der Waals surface area contributed by atoms with Crippen molar-refractivity contribution in [3.8, 4) is 22.3 Å². The molecule has 0 fully saturated rings. The summed E-state index contributed by atoms with van der Waals surface area (Å²) in [5.41, 5.74) is 8.15. The van der Waals surface area contributed by atoms with Crippen LogP contribution in [0, 0.1) is 5.92 Å². The first-order valence-electron chi connectivity index (χ1n) is 16.2. The van der Waals surface area contributed by atoms with Gasteiger partial charge in [-0.25, -0.2) is 0 Å². The van der Waals surface area contributed by atoms with Crippen molar-refractivity contribution in [2.75, 3.05) is 0 Å². The molecule has 0 aromatic heterocycles. The van der Waals surface area contributed by atoms with Gasteiger partial charge in [-0.3, -0.25) is 0 Å². The first-order chi connectivity index (χ1) is 22.1. The van der Waals surface area contributed by atoms with E-state index in [0.717, 1.165) is 0 Å². The van der Waals surface area contributed by atoms with E-state index in [1.165, 1.54) is 87.2 Å². The highest BCUT2D eigenvalue weighted by molar-refractivity contribution is 6.26. The maximum absolute atomic E-state index is 2.46. The molecule has 212 valence electrons. The molecule has 0 N–H and O–H groups in total. The summed E-state index contributed by atoms with van der Waals surface area (Å²) < 4.78 is 0. The van der Waals surface area contributed by atoms with Gasteiger partial charge in [-0.1, -0.05) is 147 Å². The fourth-order valence-corrected chi connectivity index (χ4v) is 8.93. The molecule has 0 heterocycles. The van der Waals surface area contributed by atoms with Gasteiger partial charge in [-0.15, -0.1) is 0 Å². The van der Waals surface area contributed by atoms with Crippen LogP contribution in [0.2, 0.25) is 0 Å². The molecule has 10 rings (SSSR count). The predicted octanol–water partition coefficient (Wildman–Crippen LogP) is 12.3. The number of allylic oxidation sites excluding steroid dienone is 4. The molecular formula is C45H32. The minimum Gasteiger partial charge on any atom is -0.0796 e. The van der Waals surface area contributed by atoms with E-state index in [-0.39, 0.29) is 5.41 Å². The normalized spacial score (nSPS) is 18.4. The Morgan fingerprint density at radius 3 is 2.02 bits per heavy atom. The van der Waals surface area contributed by atoms with Crippen LogP contribution >= 0.6 is 0 Å². The van der Waals surface area contributed by atoms with Gasteiger partial charge >= 0.3 is 0 Å². The van der Waals surface area contributed by atoms with Crippen molar-refractivity contribution >= 4 is 53.9 Å². The van der Waals surface area contributed by atoms with E-state index in [0.29, 0.717) is 11.8 Å². The first kappa shape index (κ1) is 25.2. The van der Waals surface area contributed by atoms with Gasteiger partial charge < -0.3 is 0 Å². The summed E-state index contributed by atoms with van der Waals surface area (Å²) in [5.74, 6) is 0.870. The molecule has 2 aliphatic rings. The fourth-order valence-electron chi connectivity index (χ4n) is 8.93. The molecule has 0 spiro atoms. The highest BCUT2D eigenvalue weighted by Gasteiger charge is 2.41. The molecule has 8 aromatic carbocycles. The van der Waals surface area contributed by atoms with Gasteiger partial charge in [-0.05, 0) is 111 Å². The summed E-state index contributed by atoms with van der Waals surface area (Å²) in [7, 11) is 0. The van der Waals surface area contributed by atoms with E-state index in [1.54, 1.807) is 0 Å². The second-order valence-electron chi connectivity index (χ2n) is 13.7. The van der Waals surface area contributed by atoms with E-state index in [2.05, 4.69) is 159 Å². The predicted molar refractivity (Wildman–Crippen MR) is 194 cm³/mol. The SMILES string of the molecule is CC1(C)c2ccc(-c3cc(-c4ccc5ccc6cccc7ccc4c5c67)c4ccccc4c3)c3cccc(c23)C2C=CC=CC21. The van der Waals surface area contributed by atoms with Gasteiger partial charge in [0, 0.05) is 5.92 Å². The molecule has 0 saturated carbocycles. The Balaban J connectivity index is 1.26. The molecule has 2 aliphatic carbocycles. The van der Waals surface area contributed by atoms with Gasteiger partial charge in [0.2, 0.25) is 0 Å². The van der Waals surface area contributed by atoms with Crippen molar-refractivity contribution in [1.29, 1.82) is 0 Å². The lowest BCUT2D eigenvalue weighted by atomic mass is 9.59. The van der Waals surface area contributed by atoms with Crippen molar-refractivity contribution in [3.63, 3.8) is 0 Å². The van der Waals surface area contributed by atoms with Crippen molar-refractivity contribution in [2.45, 2.75) is 25.2 Å². The quantitative estimate of drug-likeness (QED) is 0.181.